The molecule has 3 rings (SSSR count). The maximum absolute atomic E-state index is 12.6. The average molecular weight is 349 g/mol. The van der Waals surface area contributed by atoms with Crippen LogP contribution in [0.2, 0.25) is 0 Å². The first-order valence-corrected chi connectivity index (χ1v) is 8.62. The second kappa shape index (κ2) is 7.93. The van der Waals surface area contributed by atoms with Crippen molar-refractivity contribution in [3.05, 3.63) is 78.4 Å². The minimum atomic E-state index is -0.335. The molecule has 6 nitrogen and oxygen atoms in total. The molecule has 0 spiro atoms. The van der Waals surface area contributed by atoms with Gasteiger partial charge in [0.05, 0.1) is 17.6 Å². The van der Waals surface area contributed by atoms with E-state index in [9.17, 15) is 4.79 Å². The molecule has 3 unspecified atom stereocenters. The molecule has 0 fully saturated rings. The van der Waals surface area contributed by atoms with Crippen molar-refractivity contribution in [3.63, 3.8) is 0 Å². The zero-order valence-corrected chi connectivity index (χ0v) is 14.9. The van der Waals surface area contributed by atoms with Crippen molar-refractivity contribution in [2.24, 2.45) is 11.7 Å². The van der Waals surface area contributed by atoms with Crippen LogP contribution in [0.1, 0.15) is 37.1 Å². The highest BCUT2D eigenvalue weighted by atomic mass is 16.1. The standard InChI is InChI=1S/C20H23N5O/c1-14(19(21)17-6-4-3-5-7-17)20(26)24-15(2)16-8-10-18(11-9-16)25-13-22-12-23-25/h3-15,19H,21H2,1-2H3,(H,24,26). The number of nitrogens with one attached hydrogen (secondary N) is 1. The fourth-order valence-corrected chi connectivity index (χ4v) is 2.81. The summed E-state index contributed by atoms with van der Waals surface area (Å²) >= 11 is 0. The fraction of sp³-hybridized carbons (Fsp3) is 0.250. The van der Waals surface area contributed by atoms with Crippen LogP contribution < -0.4 is 11.1 Å². The van der Waals surface area contributed by atoms with Crippen molar-refractivity contribution in [3.8, 4) is 5.69 Å². The molecule has 0 aliphatic heterocycles. The zero-order valence-electron chi connectivity index (χ0n) is 14.9. The molecule has 0 aliphatic rings. The van der Waals surface area contributed by atoms with Crippen LogP contribution in [-0.2, 0) is 4.79 Å². The van der Waals surface area contributed by atoms with E-state index in [2.05, 4.69) is 15.4 Å². The van der Waals surface area contributed by atoms with Crippen LogP contribution in [-0.4, -0.2) is 20.7 Å². The van der Waals surface area contributed by atoms with E-state index in [1.54, 1.807) is 11.0 Å². The highest BCUT2D eigenvalue weighted by molar-refractivity contribution is 5.79. The quantitative estimate of drug-likeness (QED) is 0.716. The Morgan fingerprint density at radius 1 is 1.04 bits per heavy atom. The smallest absolute Gasteiger partial charge is 0.225 e. The molecule has 0 saturated heterocycles. The summed E-state index contributed by atoms with van der Waals surface area (Å²) < 4.78 is 1.69. The molecule has 1 amide bonds. The predicted molar refractivity (Wildman–Crippen MR) is 100 cm³/mol. The van der Waals surface area contributed by atoms with Gasteiger partial charge in [-0.25, -0.2) is 9.67 Å². The number of carbonyl (C=O) groups is 1. The van der Waals surface area contributed by atoms with Gasteiger partial charge in [-0.1, -0.05) is 49.4 Å². The van der Waals surface area contributed by atoms with Crippen molar-refractivity contribution in [2.75, 3.05) is 0 Å². The predicted octanol–water partition coefficient (Wildman–Crippen LogP) is 2.78. The average Bonchev–Trinajstić information content (AvgIpc) is 3.22. The number of benzene rings is 2. The van der Waals surface area contributed by atoms with Crippen molar-refractivity contribution in [2.45, 2.75) is 25.9 Å². The Morgan fingerprint density at radius 3 is 2.35 bits per heavy atom. The number of carbonyl (C=O) groups excluding carboxylic acids is 1. The van der Waals surface area contributed by atoms with Crippen LogP contribution in [0.5, 0.6) is 0 Å². The molecule has 2 aromatic carbocycles. The van der Waals surface area contributed by atoms with Crippen molar-refractivity contribution in [1.82, 2.24) is 20.1 Å². The number of aromatic nitrogens is 3. The van der Waals surface area contributed by atoms with E-state index in [-0.39, 0.29) is 23.9 Å². The van der Waals surface area contributed by atoms with Gasteiger partial charge in [0.25, 0.3) is 0 Å². The summed E-state index contributed by atoms with van der Waals surface area (Å²) in [4.78, 5) is 16.5. The van der Waals surface area contributed by atoms with Crippen LogP contribution in [0.25, 0.3) is 5.69 Å². The van der Waals surface area contributed by atoms with Gasteiger partial charge in [0, 0.05) is 6.04 Å². The Bertz CT molecular complexity index is 830. The van der Waals surface area contributed by atoms with Gasteiger partial charge in [-0.15, -0.1) is 0 Å². The van der Waals surface area contributed by atoms with E-state index < -0.39 is 0 Å². The van der Waals surface area contributed by atoms with Gasteiger partial charge >= 0.3 is 0 Å². The first-order valence-electron chi connectivity index (χ1n) is 8.62. The number of hydrogen-bond acceptors (Lipinski definition) is 4. The normalized spacial score (nSPS) is 14.4. The minimum absolute atomic E-state index is 0.0609. The first-order chi connectivity index (χ1) is 12.6. The fourth-order valence-electron chi connectivity index (χ4n) is 2.81. The van der Waals surface area contributed by atoms with Crippen LogP contribution in [0.15, 0.2) is 67.3 Å². The summed E-state index contributed by atoms with van der Waals surface area (Å²) in [6.07, 6.45) is 3.14. The molecule has 0 bridgehead atoms. The second-order valence-electron chi connectivity index (χ2n) is 6.39. The van der Waals surface area contributed by atoms with E-state index in [4.69, 9.17) is 5.73 Å². The summed E-state index contributed by atoms with van der Waals surface area (Å²) in [6, 6.07) is 17.1. The van der Waals surface area contributed by atoms with Gasteiger partial charge in [-0.2, -0.15) is 5.10 Å². The highest BCUT2D eigenvalue weighted by Gasteiger charge is 2.23. The third-order valence-corrected chi connectivity index (χ3v) is 4.57. The summed E-state index contributed by atoms with van der Waals surface area (Å²) in [6.45, 7) is 3.82. The summed E-state index contributed by atoms with van der Waals surface area (Å²) in [5, 5.41) is 7.15. The summed E-state index contributed by atoms with van der Waals surface area (Å²) in [5.74, 6) is -0.386. The van der Waals surface area contributed by atoms with Crippen LogP contribution in [0, 0.1) is 5.92 Å². The largest absolute Gasteiger partial charge is 0.349 e. The summed E-state index contributed by atoms with van der Waals surface area (Å²) in [7, 11) is 0. The van der Waals surface area contributed by atoms with Gasteiger partial charge in [0.2, 0.25) is 5.91 Å². The Hall–Kier alpha value is -2.99. The van der Waals surface area contributed by atoms with Crippen molar-refractivity contribution in [1.29, 1.82) is 0 Å². The van der Waals surface area contributed by atoms with E-state index in [1.165, 1.54) is 6.33 Å². The Balaban J connectivity index is 1.63. The molecule has 3 atom stereocenters. The monoisotopic (exact) mass is 349 g/mol. The molecular weight excluding hydrogens is 326 g/mol. The Morgan fingerprint density at radius 2 is 1.73 bits per heavy atom. The van der Waals surface area contributed by atoms with E-state index in [0.29, 0.717) is 0 Å². The highest BCUT2D eigenvalue weighted by Crippen LogP contribution is 2.21. The van der Waals surface area contributed by atoms with Gasteiger partial charge in [-0.3, -0.25) is 4.79 Å². The van der Waals surface area contributed by atoms with E-state index in [0.717, 1.165) is 16.8 Å². The first kappa shape index (κ1) is 17.8. The lowest BCUT2D eigenvalue weighted by atomic mass is 9.94. The van der Waals surface area contributed by atoms with Gasteiger partial charge in [-0.05, 0) is 30.2 Å². The van der Waals surface area contributed by atoms with Gasteiger partial charge < -0.3 is 11.1 Å². The number of hydrogen-bond donors (Lipinski definition) is 2. The number of amides is 1. The van der Waals surface area contributed by atoms with E-state index in [1.807, 2.05) is 68.4 Å². The number of nitrogens with two attached hydrogens (primary N) is 1. The van der Waals surface area contributed by atoms with Gasteiger partial charge in [0.1, 0.15) is 12.7 Å². The molecule has 134 valence electrons. The van der Waals surface area contributed by atoms with Crippen molar-refractivity contribution < 1.29 is 4.79 Å². The third-order valence-electron chi connectivity index (χ3n) is 4.57. The molecule has 0 aliphatic carbocycles. The Kier molecular flexibility index (Phi) is 5.43. The van der Waals surface area contributed by atoms with Crippen molar-refractivity contribution >= 4 is 5.91 Å². The maximum atomic E-state index is 12.6. The second-order valence-corrected chi connectivity index (χ2v) is 6.39. The number of nitrogens with zero attached hydrogens (tertiary/aromatic N) is 3. The van der Waals surface area contributed by atoms with E-state index >= 15 is 0 Å². The number of rotatable bonds is 6. The van der Waals surface area contributed by atoms with Gasteiger partial charge in [0.15, 0.2) is 0 Å². The molecule has 1 heterocycles. The maximum Gasteiger partial charge on any atom is 0.225 e. The Labute approximate surface area is 153 Å². The molecule has 6 heteroatoms. The molecule has 3 N–H and O–H groups in total. The third kappa shape index (κ3) is 3.97. The lowest BCUT2D eigenvalue weighted by Crippen LogP contribution is -2.36. The summed E-state index contributed by atoms with van der Waals surface area (Å²) in [5.41, 5.74) is 9.15. The molecule has 0 saturated carbocycles. The van der Waals surface area contributed by atoms with Crippen LogP contribution >= 0.6 is 0 Å². The molecular formula is C20H23N5O. The van der Waals surface area contributed by atoms with Crippen LogP contribution in [0.3, 0.4) is 0 Å². The molecule has 26 heavy (non-hydrogen) atoms. The zero-order chi connectivity index (χ0) is 18.5. The minimum Gasteiger partial charge on any atom is -0.349 e. The SMILES string of the molecule is CC(NC(=O)C(C)C(N)c1ccccc1)c1ccc(-n2cncn2)cc1. The molecule has 3 aromatic rings. The topological polar surface area (TPSA) is 85.8 Å². The van der Waals surface area contributed by atoms with Crippen LogP contribution in [0.4, 0.5) is 0 Å². The molecule has 1 aromatic heterocycles. The molecule has 0 radical (unpaired) electrons. The lowest BCUT2D eigenvalue weighted by molar-refractivity contribution is -0.125. The lowest BCUT2D eigenvalue weighted by Gasteiger charge is -2.22.